The first kappa shape index (κ1) is 27.3. The number of nitrogens with zero attached hydrogens (tertiary/aromatic N) is 1. The minimum Gasteiger partial charge on any atom is -0.491 e. The van der Waals surface area contributed by atoms with E-state index >= 15 is 0 Å². The van der Waals surface area contributed by atoms with Crippen molar-refractivity contribution in [2.45, 2.75) is 31.0 Å². The molecule has 0 radical (unpaired) electrons. The second-order valence-corrected chi connectivity index (χ2v) is 10.3. The molecule has 3 aromatic rings. The van der Waals surface area contributed by atoms with Crippen LogP contribution in [0.5, 0.6) is 5.75 Å². The Morgan fingerprint density at radius 1 is 1.06 bits per heavy atom. The first-order valence-electron chi connectivity index (χ1n) is 10.8. The topological polar surface area (TPSA) is 75.7 Å². The van der Waals surface area contributed by atoms with Gasteiger partial charge < -0.3 is 10.1 Å². The Balaban J connectivity index is 1.84. The van der Waals surface area contributed by atoms with E-state index in [9.17, 15) is 26.4 Å². The summed E-state index contributed by atoms with van der Waals surface area (Å²) in [5.74, 6) is -0.131. The standard InChI is InChI=1S/C25H24ClF3N2O4S/c1-17-8-11-20(12-9-17)35-16-18(2)30-24(32)15-31(36(33,34)21-6-4-3-5-7-21)19-10-13-23(26)22(14-19)25(27,28)29/h3-14,18H,15-16H2,1-2H3,(H,30,32). The predicted octanol–water partition coefficient (Wildman–Crippen LogP) is 5.45. The number of hydrogen-bond acceptors (Lipinski definition) is 4. The number of sulfonamides is 1. The first-order valence-corrected chi connectivity index (χ1v) is 12.6. The summed E-state index contributed by atoms with van der Waals surface area (Å²) >= 11 is 5.70. The van der Waals surface area contributed by atoms with Crippen molar-refractivity contribution < 1.29 is 31.1 Å². The number of halogens is 4. The Kier molecular flexibility index (Phi) is 8.52. The smallest absolute Gasteiger partial charge is 0.417 e. The summed E-state index contributed by atoms with van der Waals surface area (Å²) in [5.41, 5.74) is -0.510. The largest absolute Gasteiger partial charge is 0.491 e. The van der Waals surface area contributed by atoms with Crippen LogP contribution in [-0.4, -0.2) is 33.5 Å². The molecule has 0 saturated heterocycles. The molecule has 0 spiro atoms. The molecule has 0 aromatic heterocycles. The highest BCUT2D eigenvalue weighted by molar-refractivity contribution is 7.92. The summed E-state index contributed by atoms with van der Waals surface area (Å²) in [4.78, 5) is 12.6. The minimum absolute atomic E-state index is 0.0966. The van der Waals surface area contributed by atoms with Crippen molar-refractivity contribution >= 4 is 33.2 Å². The summed E-state index contributed by atoms with van der Waals surface area (Å²) in [6.45, 7) is 2.93. The number of rotatable bonds is 9. The molecule has 0 saturated carbocycles. The van der Waals surface area contributed by atoms with Gasteiger partial charge in [0.1, 0.15) is 18.9 Å². The molecule has 0 aliphatic carbocycles. The van der Waals surface area contributed by atoms with Crippen molar-refractivity contribution in [3.63, 3.8) is 0 Å². The van der Waals surface area contributed by atoms with Gasteiger partial charge >= 0.3 is 6.18 Å². The molecular weight excluding hydrogens is 517 g/mol. The van der Waals surface area contributed by atoms with Gasteiger partial charge in [-0.25, -0.2) is 8.42 Å². The number of alkyl halides is 3. The number of hydrogen-bond donors (Lipinski definition) is 1. The number of ether oxygens (including phenoxy) is 1. The third kappa shape index (κ3) is 6.92. The first-order chi connectivity index (χ1) is 16.9. The molecule has 0 heterocycles. The van der Waals surface area contributed by atoms with Crippen molar-refractivity contribution in [2.24, 2.45) is 0 Å². The van der Waals surface area contributed by atoms with E-state index in [4.69, 9.17) is 16.3 Å². The fourth-order valence-corrected chi connectivity index (χ4v) is 4.93. The Bertz CT molecular complexity index is 1300. The van der Waals surface area contributed by atoms with Crippen LogP contribution in [0, 0.1) is 6.92 Å². The molecule has 3 aromatic carbocycles. The van der Waals surface area contributed by atoms with Gasteiger partial charge in [0.25, 0.3) is 10.0 Å². The molecule has 0 bridgehead atoms. The average molecular weight is 541 g/mol. The van der Waals surface area contributed by atoms with Crippen LogP contribution in [-0.2, 0) is 21.0 Å². The molecule has 1 N–H and O–H groups in total. The van der Waals surface area contributed by atoms with Crippen LogP contribution >= 0.6 is 11.6 Å². The van der Waals surface area contributed by atoms with Crippen LogP contribution in [0.3, 0.4) is 0 Å². The van der Waals surface area contributed by atoms with Gasteiger partial charge in [-0.2, -0.15) is 13.2 Å². The van der Waals surface area contributed by atoms with E-state index in [1.165, 1.54) is 24.3 Å². The summed E-state index contributed by atoms with van der Waals surface area (Å²) in [5, 5.41) is 2.03. The molecule has 1 amide bonds. The highest BCUT2D eigenvalue weighted by Gasteiger charge is 2.35. The van der Waals surface area contributed by atoms with E-state index in [0.717, 1.165) is 17.7 Å². The lowest BCUT2D eigenvalue weighted by Crippen LogP contribution is -2.45. The van der Waals surface area contributed by atoms with E-state index in [0.29, 0.717) is 16.1 Å². The Morgan fingerprint density at radius 2 is 1.69 bits per heavy atom. The molecule has 1 atom stereocenters. The maximum absolute atomic E-state index is 13.4. The normalized spacial score (nSPS) is 12.6. The fraction of sp³-hybridized carbons (Fsp3) is 0.240. The second kappa shape index (κ2) is 11.2. The lowest BCUT2D eigenvalue weighted by atomic mass is 10.2. The molecule has 36 heavy (non-hydrogen) atoms. The van der Waals surface area contributed by atoms with E-state index in [-0.39, 0.29) is 17.2 Å². The van der Waals surface area contributed by atoms with Crippen LogP contribution in [0.4, 0.5) is 18.9 Å². The lowest BCUT2D eigenvalue weighted by Gasteiger charge is -2.26. The van der Waals surface area contributed by atoms with E-state index < -0.39 is 45.3 Å². The average Bonchev–Trinajstić information content (AvgIpc) is 2.82. The maximum atomic E-state index is 13.4. The SMILES string of the molecule is Cc1ccc(OCC(C)NC(=O)CN(c2ccc(Cl)c(C(F)(F)F)c2)S(=O)(=O)c2ccccc2)cc1. The van der Waals surface area contributed by atoms with Crippen molar-refractivity contribution in [3.8, 4) is 5.75 Å². The molecule has 0 aliphatic heterocycles. The molecular formula is C25H24ClF3N2O4S. The van der Waals surface area contributed by atoms with Crippen molar-refractivity contribution in [1.82, 2.24) is 5.32 Å². The van der Waals surface area contributed by atoms with Crippen LogP contribution in [0.25, 0.3) is 0 Å². The van der Waals surface area contributed by atoms with Gasteiger partial charge in [-0.1, -0.05) is 47.5 Å². The highest BCUT2D eigenvalue weighted by atomic mass is 35.5. The number of nitrogens with one attached hydrogen (secondary N) is 1. The van der Waals surface area contributed by atoms with E-state index in [2.05, 4.69) is 5.32 Å². The van der Waals surface area contributed by atoms with Gasteiger partial charge in [-0.05, 0) is 56.3 Å². The molecule has 1 unspecified atom stereocenters. The molecule has 192 valence electrons. The van der Waals surface area contributed by atoms with Gasteiger partial charge in [0.15, 0.2) is 0 Å². The summed E-state index contributed by atoms with van der Waals surface area (Å²) < 4.78 is 73.3. The highest BCUT2D eigenvalue weighted by Crippen LogP contribution is 2.38. The van der Waals surface area contributed by atoms with E-state index in [1.54, 1.807) is 25.1 Å². The number of benzene rings is 3. The molecule has 0 fully saturated rings. The van der Waals surface area contributed by atoms with Crippen LogP contribution in [0.15, 0.2) is 77.7 Å². The van der Waals surface area contributed by atoms with Crippen LogP contribution in [0.1, 0.15) is 18.1 Å². The van der Waals surface area contributed by atoms with Crippen LogP contribution < -0.4 is 14.4 Å². The number of amides is 1. The van der Waals surface area contributed by atoms with E-state index in [1.807, 2.05) is 19.1 Å². The van der Waals surface area contributed by atoms with Crippen molar-refractivity contribution in [2.75, 3.05) is 17.5 Å². The summed E-state index contributed by atoms with van der Waals surface area (Å²) in [6.07, 6.45) is -4.82. The van der Waals surface area contributed by atoms with Gasteiger partial charge in [-0.3, -0.25) is 9.10 Å². The zero-order valence-corrected chi connectivity index (χ0v) is 21.0. The van der Waals surface area contributed by atoms with Gasteiger partial charge in [-0.15, -0.1) is 0 Å². The number of carbonyl (C=O) groups excluding carboxylic acids is 1. The van der Waals surface area contributed by atoms with Gasteiger partial charge in [0.05, 0.1) is 27.2 Å². The quantitative estimate of drug-likeness (QED) is 0.392. The van der Waals surface area contributed by atoms with Gasteiger partial charge in [0.2, 0.25) is 5.91 Å². The zero-order valence-electron chi connectivity index (χ0n) is 19.4. The minimum atomic E-state index is -4.82. The monoisotopic (exact) mass is 540 g/mol. The maximum Gasteiger partial charge on any atom is 0.417 e. The number of anilines is 1. The summed E-state index contributed by atoms with van der Waals surface area (Å²) in [7, 11) is -4.39. The molecule has 0 aliphatic rings. The summed E-state index contributed by atoms with van der Waals surface area (Å²) in [6, 6.07) is 16.6. The third-order valence-electron chi connectivity index (χ3n) is 5.09. The van der Waals surface area contributed by atoms with Crippen molar-refractivity contribution in [1.29, 1.82) is 0 Å². The van der Waals surface area contributed by atoms with Gasteiger partial charge in [0, 0.05) is 0 Å². The van der Waals surface area contributed by atoms with Crippen LogP contribution in [0.2, 0.25) is 5.02 Å². The van der Waals surface area contributed by atoms with Crippen molar-refractivity contribution in [3.05, 3.63) is 88.9 Å². The predicted molar refractivity (Wildman–Crippen MR) is 132 cm³/mol. The Labute approximate surface area is 212 Å². The Hall–Kier alpha value is -3.24. The number of aryl methyl sites for hydroxylation is 1. The Morgan fingerprint density at radius 3 is 2.31 bits per heavy atom. The number of carbonyl (C=O) groups is 1. The molecule has 6 nitrogen and oxygen atoms in total. The third-order valence-corrected chi connectivity index (χ3v) is 7.21. The molecule has 3 rings (SSSR count). The second-order valence-electron chi connectivity index (χ2n) is 8.08. The molecule has 11 heteroatoms. The lowest BCUT2D eigenvalue weighted by molar-refractivity contribution is -0.137. The fourth-order valence-electron chi connectivity index (χ4n) is 3.27. The zero-order chi connectivity index (χ0) is 26.5.